The molecule has 1 fully saturated rings. The van der Waals surface area contributed by atoms with Crippen LogP contribution >= 0.6 is 0 Å². The molecule has 1 atom stereocenters. The molecule has 3 N–H and O–H groups in total. The predicted molar refractivity (Wildman–Crippen MR) is 102 cm³/mol. The maximum Gasteiger partial charge on any atom is 0.252 e. The summed E-state index contributed by atoms with van der Waals surface area (Å²) >= 11 is 0. The number of benzene rings is 1. The van der Waals surface area contributed by atoms with E-state index in [1.807, 2.05) is 0 Å². The summed E-state index contributed by atoms with van der Waals surface area (Å²) in [4.78, 5) is 18.2. The van der Waals surface area contributed by atoms with Gasteiger partial charge in [0.25, 0.3) is 5.91 Å². The van der Waals surface area contributed by atoms with Crippen LogP contribution in [0.2, 0.25) is 0 Å². The van der Waals surface area contributed by atoms with E-state index >= 15 is 0 Å². The van der Waals surface area contributed by atoms with E-state index in [0.717, 1.165) is 31.6 Å². The van der Waals surface area contributed by atoms with Gasteiger partial charge in [0.2, 0.25) is 0 Å². The van der Waals surface area contributed by atoms with Crippen LogP contribution in [0.25, 0.3) is 0 Å². The zero-order valence-corrected chi connectivity index (χ0v) is 14.9. The first-order valence-corrected chi connectivity index (χ1v) is 8.91. The Morgan fingerprint density at radius 3 is 2.72 bits per heavy atom. The molecule has 1 amide bonds. The third-order valence-electron chi connectivity index (χ3n) is 4.72. The second kappa shape index (κ2) is 7.55. The highest BCUT2D eigenvalue weighted by Gasteiger charge is 2.23. The maximum atomic E-state index is 11.7. The largest absolute Gasteiger partial charge is 0.381 e. The average molecular weight is 338 g/mol. The number of carbonyl (C=O) groups is 1. The fourth-order valence-corrected chi connectivity index (χ4v) is 3.33. The second-order valence-corrected chi connectivity index (χ2v) is 6.95. The smallest absolute Gasteiger partial charge is 0.252 e. The molecular weight excluding hydrogens is 312 g/mol. The molecule has 0 spiro atoms. The van der Waals surface area contributed by atoms with E-state index in [1.165, 1.54) is 5.56 Å². The van der Waals surface area contributed by atoms with Gasteiger partial charge in [-0.1, -0.05) is 26.0 Å². The summed E-state index contributed by atoms with van der Waals surface area (Å²) in [5, 5.41) is 3.61. The topological polar surface area (TPSA) is 71.2 Å². The third kappa shape index (κ3) is 4.10. The molecular formula is C20H26N4O. The fourth-order valence-electron chi connectivity index (χ4n) is 3.33. The Hall–Kier alpha value is -2.56. The third-order valence-corrected chi connectivity index (χ3v) is 4.72. The first kappa shape index (κ1) is 17.3. The molecule has 0 unspecified atom stereocenters. The standard InChI is InChI=1S/C20H26N4O/c1-14(2)15-7-9-16(10-8-15)23-17-5-4-12-24(13-17)20-18(19(21)25)6-3-11-22-20/h3,6-11,14,17,23H,4-5,12-13H2,1-2H3,(H2,21,25)/t17-/m1/s1. The molecule has 0 radical (unpaired) electrons. The molecule has 25 heavy (non-hydrogen) atoms. The van der Waals surface area contributed by atoms with Crippen molar-refractivity contribution in [2.24, 2.45) is 5.73 Å². The monoisotopic (exact) mass is 338 g/mol. The number of anilines is 2. The van der Waals surface area contributed by atoms with E-state index < -0.39 is 5.91 Å². The van der Waals surface area contributed by atoms with Gasteiger partial charge >= 0.3 is 0 Å². The summed E-state index contributed by atoms with van der Waals surface area (Å²) in [5.41, 5.74) is 8.46. The van der Waals surface area contributed by atoms with Crippen LogP contribution in [-0.4, -0.2) is 30.0 Å². The van der Waals surface area contributed by atoms with E-state index in [1.54, 1.807) is 18.3 Å². The summed E-state index contributed by atoms with van der Waals surface area (Å²) in [6.45, 7) is 6.10. The summed E-state index contributed by atoms with van der Waals surface area (Å²) < 4.78 is 0. The highest BCUT2D eigenvalue weighted by molar-refractivity contribution is 5.97. The number of nitrogens with one attached hydrogen (secondary N) is 1. The lowest BCUT2D eigenvalue weighted by Gasteiger charge is -2.35. The highest BCUT2D eigenvalue weighted by atomic mass is 16.1. The normalized spacial score (nSPS) is 17.6. The van der Waals surface area contributed by atoms with E-state index in [2.05, 4.69) is 53.3 Å². The molecule has 2 aromatic rings. The van der Waals surface area contributed by atoms with Crippen molar-refractivity contribution < 1.29 is 4.79 Å². The number of amides is 1. The van der Waals surface area contributed by atoms with Gasteiger partial charge in [-0.25, -0.2) is 4.98 Å². The van der Waals surface area contributed by atoms with Crippen LogP contribution < -0.4 is 16.0 Å². The second-order valence-electron chi connectivity index (χ2n) is 6.95. The number of nitrogens with zero attached hydrogens (tertiary/aromatic N) is 2. The molecule has 2 heterocycles. The molecule has 5 heteroatoms. The Balaban J connectivity index is 1.70. The molecule has 132 valence electrons. The average Bonchev–Trinajstić information content (AvgIpc) is 2.62. The van der Waals surface area contributed by atoms with E-state index in [9.17, 15) is 4.79 Å². The molecule has 1 aliphatic rings. The molecule has 1 saturated heterocycles. The number of hydrogen-bond acceptors (Lipinski definition) is 4. The summed E-state index contributed by atoms with van der Waals surface area (Å²) in [5.74, 6) is 0.801. The summed E-state index contributed by atoms with van der Waals surface area (Å²) in [6.07, 6.45) is 3.86. The van der Waals surface area contributed by atoms with E-state index in [0.29, 0.717) is 23.3 Å². The van der Waals surface area contributed by atoms with Crippen molar-refractivity contribution in [2.45, 2.75) is 38.6 Å². The van der Waals surface area contributed by atoms with Gasteiger partial charge in [-0.3, -0.25) is 4.79 Å². The van der Waals surface area contributed by atoms with E-state index in [4.69, 9.17) is 5.73 Å². The van der Waals surface area contributed by atoms with Crippen LogP contribution in [0.4, 0.5) is 11.5 Å². The Morgan fingerprint density at radius 1 is 1.28 bits per heavy atom. The number of hydrogen-bond donors (Lipinski definition) is 2. The van der Waals surface area contributed by atoms with Crippen molar-refractivity contribution in [3.8, 4) is 0 Å². The number of carbonyl (C=O) groups excluding carboxylic acids is 1. The maximum absolute atomic E-state index is 11.7. The lowest BCUT2D eigenvalue weighted by molar-refractivity contribution is 0.100. The van der Waals surface area contributed by atoms with Gasteiger partial charge in [-0.05, 0) is 48.6 Å². The van der Waals surface area contributed by atoms with Gasteiger partial charge in [0.15, 0.2) is 0 Å². The molecule has 0 bridgehead atoms. The molecule has 1 aromatic heterocycles. The number of primary amides is 1. The van der Waals surface area contributed by atoms with Crippen LogP contribution in [0.15, 0.2) is 42.6 Å². The molecule has 5 nitrogen and oxygen atoms in total. The summed E-state index contributed by atoms with van der Waals surface area (Å²) in [6, 6.07) is 12.5. The Morgan fingerprint density at radius 2 is 2.04 bits per heavy atom. The first-order valence-electron chi connectivity index (χ1n) is 8.91. The zero-order chi connectivity index (χ0) is 17.8. The Kier molecular flexibility index (Phi) is 5.22. The minimum atomic E-state index is -0.428. The van der Waals surface area contributed by atoms with Crippen LogP contribution in [0.5, 0.6) is 0 Å². The molecule has 1 aliphatic heterocycles. The number of piperidine rings is 1. The molecule has 0 aliphatic carbocycles. The number of rotatable bonds is 5. The summed E-state index contributed by atoms with van der Waals surface area (Å²) in [7, 11) is 0. The van der Waals surface area contributed by atoms with Crippen LogP contribution in [0.1, 0.15) is 48.5 Å². The van der Waals surface area contributed by atoms with Crippen LogP contribution in [0.3, 0.4) is 0 Å². The first-order chi connectivity index (χ1) is 12.0. The fraction of sp³-hybridized carbons (Fsp3) is 0.400. The molecule has 3 rings (SSSR count). The van der Waals surface area contributed by atoms with Gasteiger partial charge in [0.1, 0.15) is 5.82 Å². The van der Waals surface area contributed by atoms with Crippen molar-refractivity contribution in [2.75, 3.05) is 23.3 Å². The number of pyridine rings is 1. The van der Waals surface area contributed by atoms with Crippen molar-refractivity contribution in [1.29, 1.82) is 0 Å². The van der Waals surface area contributed by atoms with Gasteiger partial charge in [0, 0.05) is 31.0 Å². The lowest BCUT2D eigenvalue weighted by atomic mass is 10.0. The minimum Gasteiger partial charge on any atom is -0.381 e. The van der Waals surface area contributed by atoms with Gasteiger partial charge in [-0.15, -0.1) is 0 Å². The van der Waals surface area contributed by atoms with E-state index in [-0.39, 0.29) is 0 Å². The Labute approximate surface area is 149 Å². The Bertz CT molecular complexity index is 727. The van der Waals surface area contributed by atoms with Crippen LogP contribution in [0, 0.1) is 0 Å². The highest BCUT2D eigenvalue weighted by Crippen LogP contribution is 2.24. The number of nitrogens with two attached hydrogens (primary N) is 1. The SMILES string of the molecule is CC(C)c1ccc(N[C@@H]2CCCN(c3ncccc3C(N)=O)C2)cc1. The quantitative estimate of drug-likeness (QED) is 0.877. The van der Waals surface area contributed by atoms with Crippen LogP contribution in [-0.2, 0) is 0 Å². The number of aromatic nitrogens is 1. The van der Waals surface area contributed by atoms with Gasteiger partial charge in [-0.2, -0.15) is 0 Å². The van der Waals surface area contributed by atoms with Crippen molar-refractivity contribution >= 4 is 17.4 Å². The lowest BCUT2D eigenvalue weighted by Crippen LogP contribution is -2.43. The van der Waals surface area contributed by atoms with Crippen molar-refractivity contribution in [3.05, 3.63) is 53.7 Å². The molecule has 1 aromatic carbocycles. The minimum absolute atomic E-state index is 0.321. The predicted octanol–water partition coefficient (Wildman–Crippen LogP) is 3.38. The molecule has 0 saturated carbocycles. The zero-order valence-electron chi connectivity index (χ0n) is 14.9. The van der Waals surface area contributed by atoms with Gasteiger partial charge < -0.3 is 16.0 Å². The van der Waals surface area contributed by atoms with Gasteiger partial charge in [0.05, 0.1) is 5.56 Å². The van der Waals surface area contributed by atoms with Crippen molar-refractivity contribution in [3.63, 3.8) is 0 Å². The van der Waals surface area contributed by atoms with Crippen molar-refractivity contribution in [1.82, 2.24) is 4.98 Å².